The second-order valence-electron chi connectivity index (χ2n) is 15.0. The SMILES string of the molecule is COc1ccc(CN2Cc3sc(N)c(C(=O)OC(C)(C)C)c3CC2CN(CCc2ccc3oc4ccccc4c3c2)C(=O)OC(C)(C)C)cc1. The van der Waals surface area contributed by atoms with Gasteiger partial charge in [-0.25, -0.2) is 9.59 Å². The molecule has 3 heterocycles. The predicted molar refractivity (Wildman–Crippen MR) is 199 cm³/mol. The number of anilines is 1. The van der Waals surface area contributed by atoms with Crippen molar-refractivity contribution in [3.8, 4) is 5.75 Å². The fourth-order valence-electron chi connectivity index (χ4n) is 6.47. The Morgan fingerprint density at radius 3 is 2.30 bits per heavy atom. The fourth-order valence-corrected chi connectivity index (χ4v) is 7.58. The molecule has 6 rings (SSSR count). The number of nitrogen functional groups attached to an aromatic ring is 1. The van der Waals surface area contributed by atoms with Crippen LogP contribution in [-0.2, 0) is 35.4 Å². The standard InChI is InChI=1S/C40H47N3O6S/c1-39(2,3)48-37(44)35-31-21-27(43(24-34(31)50-36(35)41)22-26-12-15-28(46-7)16-13-26)23-42(38(45)49-40(4,5)6)19-18-25-14-17-33-30(20-25)29-10-8-9-11-32(29)47-33/h8-17,20,27H,18-19,21-24,41H2,1-7H3. The van der Waals surface area contributed by atoms with E-state index in [2.05, 4.69) is 35.2 Å². The molecule has 5 aromatic rings. The molecule has 0 bridgehead atoms. The molecule has 0 fully saturated rings. The summed E-state index contributed by atoms with van der Waals surface area (Å²) in [6.45, 7) is 13.3. The van der Waals surface area contributed by atoms with Crippen LogP contribution in [0.4, 0.5) is 9.80 Å². The normalized spacial score (nSPS) is 15.2. The molecule has 0 saturated heterocycles. The highest BCUT2D eigenvalue weighted by molar-refractivity contribution is 7.16. The van der Waals surface area contributed by atoms with Crippen LogP contribution in [0.5, 0.6) is 5.75 Å². The fraction of sp³-hybridized carbons (Fsp3) is 0.400. The zero-order valence-corrected chi connectivity index (χ0v) is 30.8. The minimum atomic E-state index is -0.668. The van der Waals surface area contributed by atoms with Crippen LogP contribution in [-0.4, -0.2) is 59.3 Å². The van der Waals surface area contributed by atoms with Crippen molar-refractivity contribution in [2.75, 3.05) is 25.9 Å². The summed E-state index contributed by atoms with van der Waals surface area (Å²) in [6, 6.07) is 22.1. The molecule has 3 aromatic carbocycles. The third-order valence-corrected chi connectivity index (χ3v) is 9.81. The predicted octanol–water partition coefficient (Wildman–Crippen LogP) is 8.60. The van der Waals surface area contributed by atoms with Gasteiger partial charge in [0.05, 0.1) is 12.7 Å². The first-order valence-electron chi connectivity index (χ1n) is 17.1. The Morgan fingerprint density at radius 2 is 1.60 bits per heavy atom. The van der Waals surface area contributed by atoms with Crippen LogP contribution in [0.3, 0.4) is 0 Å². The van der Waals surface area contributed by atoms with Crippen molar-refractivity contribution in [2.24, 2.45) is 0 Å². The number of ether oxygens (including phenoxy) is 3. The number of fused-ring (bicyclic) bond motifs is 4. The number of thiophene rings is 1. The number of amides is 1. The highest BCUT2D eigenvalue weighted by atomic mass is 32.1. The Kier molecular flexibility index (Phi) is 9.88. The Morgan fingerprint density at radius 1 is 0.920 bits per heavy atom. The molecule has 0 radical (unpaired) electrons. The topological polar surface area (TPSA) is 107 Å². The van der Waals surface area contributed by atoms with Gasteiger partial charge in [-0.15, -0.1) is 11.3 Å². The molecular formula is C40H47N3O6S. The Balaban J connectivity index is 1.31. The van der Waals surface area contributed by atoms with E-state index in [1.807, 2.05) is 82.8 Å². The van der Waals surface area contributed by atoms with Gasteiger partial charge in [0.25, 0.3) is 0 Å². The van der Waals surface area contributed by atoms with E-state index in [9.17, 15) is 9.59 Å². The van der Waals surface area contributed by atoms with Crippen molar-refractivity contribution >= 4 is 50.3 Å². The average molecular weight is 698 g/mol. The number of hydrogen-bond donors (Lipinski definition) is 1. The lowest BCUT2D eigenvalue weighted by Crippen LogP contribution is -2.50. The lowest BCUT2D eigenvalue weighted by molar-refractivity contribution is 0.00632. The molecule has 2 N–H and O–H groups in total. The van der Waals surface area contributed by atoms with Crippen LogP contribution in [0, 0.1) is 0 Å². The van der Waals surface area contributed by atoms with Crippen molar-refractivity contribution in [3.05, 3.63) is 93.9 Å². The van der Waals surface area contributed by atoms with Gasteiger partial charge in [0.1, 0.15) is 33.1 Å². The average Bonchev–Trinajstić information content (AvgIpc) is 3.57. The second-order valence-corrected chi connectivity index (χ2v) is 16.1. The van der Waals surface area contributed by atoms with E-state index in [1.165, 1.54) is 11.3 Å². The van der Waals surface area contributed by atoms with Gasteiger partial charge in [-0.3, -0.25) is 4.90 Å². The summed E-state index contributed by atoms with van der Waals surface area (Å²) in [5.74, 6) is 0.373. The van der Waals surface area contributed by atoms with E-state index in [0.29, 0.717) is 49.6 Å². The molecule has 1 aliphatic heterocycles. The van der Waals surface area contributed by atoms with Crippen molar-refractivity contribution in [1.29, 1.82) is 0 Å². The number of benzene rings is 3. The van der Waals surface area contributed by atoms with Crippen molar-refractivity contribution < 1.29 is 28.2 Å². The molecule has 2 aromatic heterocycles. The molecule has 1 unspecified atom stereocenters. The lowest BCUT2D eigenvalue weighted by Gasteiger charge is -2.39. The molecule has 1 aliphatic rings. The van der Waals surface area contributed by atoms with E-state index in [4.69, 9.17) is 24.4 Å². The van der Waals surface area contributed by atoms with Crippen molar-refractivity contribution in [2.45, 2.75) is 84.7 Å². The number of rotatable bonds is 9. The van der Waals surface area contributed by atoms with E-state index in [0.717, 1.165) is 49.3 Å². The second kappa shape index (κ2) is 14.0. The quantitative estimate of drug-likeness (QED) is 0.153. The Labute approximate surface area is 297 Å². The van der Waals surface area contributed by atoms with Gasteiger partial charge in [-0.1, -0.05) is 36.4 Å². The summed E-state index contributed by atoms with van der Waals surface area (Å²) < 4.78 is 23.2. The third kappa shape index (κ3) is 8.08. The maximum Gasteiger partial charge on any atom is 0.410 e. The van der Waals surface area contributed by atoms with Crippen LogP contribution in [0.15, 0.2) is 71.1 Å². The number of para-hydroxylation sites is 1. The molecule has 0 aliphatic carbocycles. The number of carbonyl (C=O) groups is 2. The summed E-state index contributed by atoms with van der Waals surface area (Å²) in [5.41, 5.74) is 10.4. The number of hydrogen-bond acceptors (Lipinski definition) is 9. The summed E-state index contributed by atoms with van der Waals surface area (Å²) in [7, 11) is 1.65. The first kappa shape index (κ1) is 35.3. The van der Waals surface area contributed by atoms with E-state index < -0.39 is 17.2 Å². The number of esters is 1. The zero-order chi connectivity index (χ0) is 35.8. The number of nitrogens with zero attached hydrogens (tertiary/aromatic N) is 2. The first-order valence-corrected chi connectivity index (χ1v) is 17.9. The highest BCUT2D eigenvalue weighted by Crippen LogP contribution is 2.39. The maximum atomic E-state index is 13.9. The van der Waals surface area contributed by atoms with Crippen LogP contribution >= 0.6 is 11.3 Å². The first-order chi connectivity index (χ1) is 23.7. The summed E-state index contributed by atoms with van der Waals surface area (Å²) in [4.78, 5) is 32.5. The summed E-state index contributed by atoms with van der Waals surface area (Å²) >= 11 is 1.44. The monoisotopic (exact) mass is 697 g/mol. The van der Waals surface area contributed by atoms with E-state index >= 15 is 0 Å². The van der Waals surface area contributed by atoms with Crippen LogP contribution in [0.2, 0.25) is 0 Å². The number of carbonyl (C=O) groups excluding carboxylic acids is 2. The van der Waals surface area contributed by atoms with Gasteiger partial charge in [-0.05, 0) is 101 Å². The maximum absolute atomic E-state index is 13.9. The molecule has 0 spiro atoms. The van der Waals surface area contributed by atoms with E-state index in [-0.39, 0.29) is 12.1 Å². The summed E-state index contributed by atoms with van der Waals surface area (Å²) in [5, 5.41) is 2.58. The van der Waals surface area contributed by atoms with Crippen LogP contribution in [0.1, 0.15) is 73.5 Å². The van der Waals surface area contributed by atoms with Gasteiger partial charge in [0.15, 0.2) is 0 Å². The molecule has 264 valence electrons. The van der Waals surface area contributed by atoms with Gasteiger partial charge in [0.2, 0.25) is 0 Å². The van der Waals surface area contributed by atoms with E-state index in [1.54, 1.807) is 7.11 Å². The Hall–Kier alpha value is -4.54. The zero-order valence-electron chi connectivity index (χ0n) is 30.0. The molecule has 9 nitrogen and oxygen atoms in total. The largest absolute Gasteiger partial charge is 0.497 e. The third-order valence-electron chi connectivity index (χ3n) is 8.76. The minimum Gasteiger partial charge on any atom is -0.497 e. The molecule has 50 heavy (non-hydrogen) atoms. The number of furan rings is 1. The smallest absolute Gasteiger partial charge is 0.410 e. The molecule has 0 saturated carbocycles. The van der Waals surface area contributed by atoms with Crippen molar-refractivity contribution in [3.63, 3.8) is 0 Å². The molecule has 1 amide bonds. The van der Waals surface area contributed by atoms with Crippen LogP contribution in [0.25, 0.3) is 21.9 Å². The van der Waals surface area contributed by atoms with Crippen molar-refractivity contribution in [1.82, 2.24) is 9.80 Å². The van der Waals surface area contributed by atoms with Gasteiger partial charge in [0, 0.05) is 47.9 Å². The van der Waals surface area contributed by atoms with Gasteiger partial charge >= 0.3 is 12.1 Å². The van der Waals surface area contributed by atoms with Gasteiger partial charge < -0.3 is 29.3 Å². The summed E-state index contributed by atoms with van der Waals surface area (Å²) in [6.07, 6.45) is 0.777. The number of methoxy groups -OCH3 is 1. The molecular weight excluding hydrogens is 651 g/mol. The van der Waals surface area contributed by atoms with Crippen LogP contribution < -0.4 is 10.5 Å². The highest BCUT2D eigenvalue weighted by Gasteiger charge is 2.36. The Bertz CT molecular complexity index is 2000. The lowest BCUT2D eigenvalue weighted by atomic mass is 9.95. The minimum absolute atomic E-state index is 0.132. The number of nitrogens with two attached hydrogens (primary N) is 1. The molecule has 1 atom stereocenters. The van der Waals surface area contributed by atoms with Gasteiger partial charge in [-0.2, -0.15) is 0 Å². The molecule has 10 heteroatoms.